The van der Waals surface area contributed by atoms with Gasteiger partial charge in [-0.2, -0.15) is 4.31 Å². The second-order valence-electron chi connectivity index (χ2n) is 6.17. The van der Waals surface area contributed by atoms with Crippen LogP contribution in [0.2, 0.25) is 0 Å². The Balaban J connectivity index is 1.91. The van der Waals surface area contributed by atoms with Crippen molar-refractivity contribution in [1.82, 2.24) is 9.62 Å². The van der Waals surface area contributed by atoms with Crippen molar-refractivity contribution in [3.63, 3.8) is 0 Å². The van der Waals surface area contributed by atoms with Crippen molar-refractivity contribution < 1.29 is 22.5 Å². The maximum atomic E-state index is 13.3. The van der Waals surface area contributed by atoms with E-state index in [0.29, 0.717) is 32.7 Å². The van der Waals surface area contributed by atoms with Crippen molar-refractivity contribution in [3.8, 4) is 0 Å². The third-order valence-corrected chi connectivity index (χ3v) is 6.19. The van der Waals surface area contributed by atoms with Gasteiger partial charge < -0.3 is 10.2 Å². The van der Waals surface area contributed by atoms with Crippen LogP contribution in [0, 0.1) is 5.82 Å². The van der Waals surface area contributed by atoms with E-state index < -0.39 is 15.8 Å². The van der Waals surface area contributed by atoms with Crippen molar-refractivity contribution in [2.75, 3.05) is 32.7 Å². The van der Waals surface area contributed by atoms with Gasteiger partial charge in [0.05, 0.1) is 31.1 Å². The van der Waals surface area contributed by atoms with Crippen LogP contribution in [-0.2, 0) is 14.8 Å². The highest BCUT2D eigenvalue weighted by molar-refractivity contribution is 7.89. The largest absolute Gasteiger partial charge is 0.349 e. The summed E-state index contributed by atoms with van der Waals surface area (Å²) in [5.74, 6) is -0.581. The Bertz CT molecular complexity index is 673. The van der Waals surface area contributed by atoms with Crippen molar-refractivity contribution in [1.29, 1.82) is 0 Å². The molecule has 0 aliphatic carbocycles. The zero-order chi connectivity index (χ0) is 17.7. The van der Waals surface area contributed by atoms with Gasteiger partial charge in [0.15, 0.2) is 6.54 Å². The van der Waals surface area contributed by atoms with E-state index in [9.17, 15) is 17.6 Å². The van der Waals surface area contributed by atoms with Gasteiger partial charge in [0, 0.05) is 6.04 Å². The Morgan fingerprint density at radius 2 is 2.04 bits per heavy atom. The summed E-state index contributed by atoms with van der Waals surface area (Å²) in [7, 11) is -3.68. The number of carbonyl (C=O) groups is 1. The third kappa shape index (κ3) is 4.75. The van der Waals surface area contributed by atoms with E-state index in [4.69, 9.17) is 0 Å². The minimum atomic E-state index is -3.68. The number of nitrogens with one attached hydrogen (secondary N) is 2. The van der Waals surface area contributed by atoms with E-state index >= 15 is 0 Å². The van der Waals surface area contributed by atoms with Crippen molar-refractivity contribution in [2.45, 2.75) is 31.2 Å². The molecule has 1 fully saturated rings. The molecular weight excluding hydrogens is 333 g/mol. The van der Waals surface area contributed by atoms with Gasteiger partial charge >= 0.3 is 0 Å². The molecule has 1 amide bonds. The summed E-state index contributed by atoms with van der Waals surface area (Å²) >= 11 is 0. The van der Waals surface area contributed by atoms with Gasteiger partial charge in [0.25, 0.3) is 5.91 Å². The minimum absolute atomic E-state index is 0.0132. The van der Waals surface area contributed by atoms with Crippen molar-refractivity contribution in [2.24, 2.45) is 0 Å². The molecule has 0 bridgehead atoms. The Hall–Kier alpha value is -1.51. The van der Waals surface area contributed by atoms with Crippen molar-refractivity contribution >= 4 is 15.9 Å². The molecule has 1 aromatic carbocycles. The molecule has 0 aromatic heterocycles. The molecule has 24 heavy (non-hydrogen) atoms. The van der Waals surface area contributed by atoms with Crippen LogP contribution in [0.4, 0.5) is 4.39 Å². The number of nitrogens with zero attached hydrogens (tertiary/aromatic N) is 1. The van der Waals surface area contributed by atoms with Gasteiger partial charge in [-0.25, -0.2) is 12.8 Å². The maximum absolute atomic E-state index is 13.3. The lowest BCUT2D eigenvalue weighted by molar-refractivity contribution is -0.895. The van der Waals surface area contributed by atoms with Crippen LogP contribution in [0.1, 0.15) is 20.3 Å². The Kier molecular flexibility index (Phi) is 6.31. The van der Waals surface area contributed by atoms with E-state index in [-0.39, 0.29) is 16.8 Å². The molecule has 0 saturated carbocycles. The molecule has 0 radical (unpaired) electrons. The highest BCUT2D eigenvalue weighted by atomic mass is 32.2. The fraction of sp³-hybridized carbons (Fsp3) is 0.562. The molecule has 1 aliphatic rings. The number of halogens is 1. The summed E-state index contributed by atoms with van der Waals surface area (Å²) in [5, 5.41) is 2.92. The summed E-state index contributed by atoms with van der Waals surface area (Å²) < 4.78 is 39.7. The Morgan fingerprint density at radius 1 is 1.38 bits per heavy atom. The second kappa shape index (κ2) is 8.04. The van der Waals surface area contributed by atoms with Gasteiger partial charge in [-0.1, -0.05) is 13.0 Å². The summed E-state index contributed by atoms with van der Waals surface area (Å²) in [5.41, 5.74) is 0. The van der Waals surface area contributed by atoms with Crippen LogP contribution in [0.25, 0.3) is 0 Å². The number of piperazine rings is 1. The topological polar surface area (TPSA) is 70.9 Å². The van der Waals surface area contributed by atoms with Crippen LogP contribution in [0.5, 0.6) is 0 Å². The normalized spacial score (nSPS) is 18.3. The first kappa shape index (κ1) is 18.8. The zero-order valence-electron chi connectivity index (χ0n) is 14.1. The minimum Gasteiger partial charge on any atom is -0.349 e. The van der Waals surface area contributed by atoms with Crippen LogP contribution in [-0.4, -0.2) is 57.4 Å². The predicted molar refractivity (Wildman–Crippen MR) is 88.6 cm³/mol. The van der Waals surface area contributed by atoms with E-state index in [1.54, 1.807) is 0 Å². The number of hydrogen-bond donors (Lipinski definition) is 2. The average molecular weight is 358 g/mol. The maximum Gasteiger partial charge on any atom is 0.275 e. The third-order valence-electron chi connectivity index (χ3n) is 4.29. The van der Waals surface area contributed by atoms with Gasteiger partial charge in [-0.3, -0.25) is 4.79 Å². The molecule has 8 heteroatoms. The first-order valence-electron chi connectivity index (χ1n) is 8.21. The SMILES string of the molecule is CC[C@H](C)NC(=O)C[NH+]1CCN(S(=O)(=O)c2cccc(F)c2)CC1. The highest BCUT2D eigenvalue weighted by Crippen LogP contribution is 2.16. The van der Waals surface area contributed by atoms with E-state index in [2.05, 4.69) is 5.32 Å². The van der Waals surface area contributed by atoms with E-state index in [1.165, 1.54) is 22.5 Å². The molecule has 1 heterocycles. The average Bonchev–Trinajstić information content (AvgIpc) is 2.55. The van der Waals surface area contributed by atoms with Gasteiger partial charge in [0.1, 0.15) is 5.82 Å². The van der Waals surface area contributed by atoms with Crippen LogP contribution in [0.3, 0.4) is 0 Å². The summed E-state index contributed by atoms with van der Waals surface area (Å²) in [6.07, 6.45) is 0.876. The smallest absolute Gasteiger partial charge is 0.275 e. The molecule has 0 unspecified atom stereocenters. The lowest BCUT2D eigenvalue weighted by Gasteiger charge is -2.31. The highest BCUT2D eigenvalue weighted by Gasteiger charge is 2.31. The lowest BCUT2D eigenvalue weighted by atomic mass is 10.2. The molecule has 1 atom stereocenters. The zero-order valence-corrected chi connectivity index (χ0v) is 14.9. The van der Waals surface area contributed by atoms with E-state index in [0.717, 1.165) is 17.4 Å². The van der Waals surface area contributed by atoms with Gasteiger partial charge in [0.2, 0.25) is 10.0 Å². The molecule has 1 aliphatic heterocycles. The quantitative estimate of drug-likeness (QED) is 0.729. The van der Waals surface area contributed by atoms with Crippen LogP contribution >= 0.6 is 0 Å². The Labute approximate surface area is 142 Å². The Morgan fingerprint density at radius 3 is 2.62 bits per heavy atom. The first-order valence-corrected chi connectivity index (χ1v) is 9.65. The van der Waals surface area contributed by atoms with Crippen LogP contribution < -0.4 is 10.2 Å². The molecule has 2 rings (SSSR count). The van der Waals surface area contributed by atoms with Gasteiger partial charge in [-0.15, -0.1) is 0 Å². The summed E-state index contributed by atoms with van der Waals surface area (Å²) in [6, 6.07) is 5.19. The summed E-state index contributed by atoms with van der Waals surface area (Å²) in [6.45, 7) is 6.07. The van der Waals surface area contributed by atoms with Crippen LogP contribution in [0.15, 0.2) is 29.2 Å². The molecular formula is C16H25FN3O3S+. The number of quaternary nitrogens is 1. The number of hydrogen-bond acceptors (Lipinski definition) is 3. The molecule has 6 nitrogen and oxygen atoms in total. The standard InChI is InChI=1S/C16H24FN3O3S/c1-3-13(2)18-16(21)12-19-7-9-20(10-8-19)24(22,23)15-6-4-5-14(17)11-15/h4-6,11,13H,3,7-10,12H2,1-2H3,(H,18,21)/p+1/t13-/m0/s1. The molecule has 2 N–H and O–H groups in total. The molecule has 1 saturated heterocycles. The monoisotopic (exact) mass is 358 g/mol. The fourth-order valence-corrected chi connectivity index (χ4v) is 4.12. The second-order valence-corrected chi connectivity index (χ2v) is 8.10. The molecule has 134 valence electrons. The molecule has 0 spiro atoms. The predicted octanol–water partition coefficient (Wildman–Crippen LogP) is -0.370. The lowest BCUT2D eigenvalue weighted by Crippen LogP contribution is -3.15. The van der Waals surface area contributed by atoms with Gasteiger partial charge in [-0.05, 0) is 31.5 Å². The molecule has 1 aromatic rings. The fourth-order valence-electron chi connectivity index (χ4n) is 2.65. The first-order chi connectivity index (χ1) is 11.3. The summed E-state index contributed by atoms with van der Waals surface area (Å²) in [4.78, 5) is 12.9. The number of benzene rings is 1. The number of rotatable bonds is 6. The number of sulfonamides is 1. The van der Waals surface area contributed by atoms with E-state index in [1.807, 2.05) is 13.8 Å². The number of amides is 1. The van der Waals surface area contributed by atoms with Crippen molar-refractivity contribution in [3.05, 3.63) is 30.1 Å². The number of carbonyl (C=O) groups excluding carboxylic acids is 1.